The fourth-order valence-corrected chi connectivity index (χ4v) is 2.27. The smallest absolute Gasteiger partial charge is 0.371 e. The van der Waals surface area contributed by atoms with Crippen LogP contribution in [-0.4, -0.2) is 42.1 Å². The van der Waals surface area contributed by atoms with Gasteiger partial charge in [-0.15, -0.1) is 0 Å². The van der Waals surface area contributed by atoms with E-state index in [4.69, 9.17) is 14.3 Å². The summed E-state index contributed by atoms with van der Waals surface area (Å²) < 4.78 is 10.4. The number of benzene rings is 1. The SMILES string of the molecule is COc1ccccc1CC(C)N(C)C(=O)c1ccc(C(=O)O)o1. The van der Waals surface area contributed by atoms with Gasteiger partial charge in [-0.2, -0.15) is 0 Å². The zero-order valence-electron chi connectivity index (χ0n) is 13.3. The Balaban J connectivity index is 2.10. The third kappa shape index (κ3) is 3.71. The summed E-state index contributed by atoms with van der Waals surface area (Å²) in [6.45, 7) is 1.91. The molecule has 1 N–H and O–H groups in total. The molecule has 2 rings (SSSR count). The number of nitrogens with zero attached hydrogens (tertiary/aromatic N) is 1. The number of para-hydroxylation sites is 1. The fraction of sp³-hybridized carbons (Fsp3) is 0.294. The van der Waals surface area contributed by atoms with Crippen molar-refractivity contribution in [2.24, 2.45) is 0 Å². The quantitative estimate of drug-likeness (QED) is 0.886. The number of aromatic carboxylic acids is 1. The van der Waals surface area contributed by atoms with Crippen molar-refractivity contribution in [2.45, 2.75) is 19.4 Å². The molecule has 23 heavy (non-hydrogen) atoms. The summed E-state index contributed by atoms with van der Waals surface area (Å²) in [5.74, 6) is -1.03. The Kier molecular flexibility index (Phi) is 5.05. The summed E-state index contributed by atoms with van der Waals surface area (Å²) in [5.41, 5.74) is 0.993. The topological polar surface area (TPSA) is 80.0 Å². The monoisotopic (exact) mass is 317 g/mol. The maximum absolute atomic E-state index is 12.4. The number of carboxylic acid groups (broad SMARTS) is 1. The van der Waals surface area contributed by atoms with Crippen LogP contribution in [-0.2, 0) is 6.42 Å². The molecule has 0 aliphatic heterocycles. The van der Waals surface area contributed by atoms with E-state index in [1.165, 1.54) is 17.0 Å². The zero-order valence-corrected chi connectivity index (χ0v) is 13.3. The maximum Gasteiger partial charge on any atom is 0.371 e. The molecule has 122 valence electrons. The van der Waals surface area contributed by atoms with E-state index in [-0.39, 0.29) is 23.5 Å². The first kappa shape index (κ1) is 16.6. The Labute approximate surface area is 134 Å². The van der Waals surface area contributed by atoms with Crippen molar-refractivity contribution in [3.63, 3.8) is 0 Å². The molecule has 0 bridgehead atoms. The van der Waals surface area contributed by atoms with Crippen LogP contribution in [0.15, 0.2) is 40.8 Å². The minimum absolute atomic E-state index is 0.0109. The number of amides is 1. The number of carbonyl (C=O) groups excluding carboxylic acids is 1. The van der Waals surface area contributed by atoms with Gasteiger partial charge in [0, 0.05) is 13.1 Å². The molecular weight excluding hydrogens is 298 g/mol. The Morgan fingerprint density at radius 3 is 2.48 bits per heavy atom. The lowest BCUT2D eigenvalue weighted by atomic mass is 10.0. The average molecular weight is 317 g/mol. The molecule has 0 saturated heterocycles. The summed E-state index contributed by atoms with van der Waals surface area (Å²) >= 11 is 0. The molecule has 2 aromatic rings. The van der Waals surface area contributed by atoms with Crippen molar-refractivity contribution in [1.82, 2.24) is 4.90 Å². The predicted molar refractivity (Wildman–Crippen MR) is 83.9 cm³/mol. The molecule has 1 amide bonds. The highest BCUT2D eigenvalue weighted by atomic mass is 16.5. The minimum Gasteiger partial charge on any atom is -0.496 e. The number of carboxylic acids is 1. The van der Waals surface area contributed by atoms with Crippen LogP contribution < -0.4 is 4.74 Å². The van der Waals surface area contributed by atoms with Crippen LogP contribution in [0.3, 0.4) is 0 Å². The van der Waals surface area contributed by atoms with E-state index in [0.29, 0.717) is 6.42 Å². The van der Waals surface area contributed by atoms with Crippen molar-refractivity contribution < 1.29 is 23.8 Å². The molecule has 1 aromatic carbocycles. The predicted octanol–water partition coefficient (Wildman–Crippen LogP) is 2.69. The van der Waals surface area contributed by atoms with E-state index >= 15 is 0 Å². The van der Waals surface area contributed by atoms with Crippen molar-refractivity contribution in [3.05, 3.63) is 53.5 Å². The summed E-state index contributed by atoms with van der Waals surface area (Å²) in [6.07, 6.45) is 0.610. The molecule has 1 unspecified atom stereocenters. The highest BCUT2D eigenvalue weighted by Crippen LogP contribution is 2.21. The molecule has 0 aliphatic carbocycles. The molecule has 6 nitrogen and oxygen atoms in total. The molecule has 0 spiro atoms. The van der Waals surface area contributed by atoms with E-state index in [1.54, 1.807) is 14.2 Å². The second-order valence-electron chi connectivity index (χ2n) is 5.25. The highest BCUT2D eigenvalue weighted by Gasteiger charge is 2.22. The molecule has 6 heteroatoms. The van der Waals surface area contributed by atoms with Gasteiger partial charge in [-0.3, -0.25) is 4.79 Å². The number of furan rings is 1. The number of rotatable bonds is 6. The standard InChI is InChI=1S/C17H19NO5/c1-11(10-12-6-4-5-7-13(12)22-3)18(2)16(19)14-8-9-15(23-14)17(20)21/h4-9,11H,10H2,1-3H3,(H,20,21). The van der Waals surface area contributed by atoms with Crippen molar-refractivity contribution >= 4 is 11.9 Å². The lowest BCUT2D eigenvalue weighted by Crippen LogP contribution is -2.36. The van der Waals surface area contributed by atoms with Gasteiger partial charge in [0.05, 0.1) is 7.11 Å². The Bertz CT molecular complexity index is 707. The fourth-order valence-electron chi connectivity index (χ4n) is 2.27. The lowest BCUT2D eigenvalue weighted by Gasteiger charge is -2.24. The second-order valence-corrected chi connectivity index (χ2v) is 5.25. The van der Waals surface area contributed by atoms with E-state index in [2.05, 4.69) is 0 Å². The Hall–Kier alpha value is -2.76. The lowest BCUT2D eigenvalue weighted by molar-refractivity contribution is 0.0647. The van der Waals surface area contributed by atoms with Gasteiger partial charge in [-0.25, -0.2) is 4.79 Å². The molecule has 0 radical (unpaired) electrons. The van der Waals surface area contributed by atoms with Gasteiger partial charge in [-0.1, -0.05) is 18.2 Å². The van der Waals surface area contributed by atoms with Crippen molar-refractivity contribution in [1.29, 1.82) is 0 Å². The number of hydrogen-bond acceptors (Lipinski definition) is 4. The number of methoxy groups -OCH3 is 1. The number of ether oxygens (including phenoxy) is 1. The molecule has 1 atom stereocenters. The van der Waals surface area contributed by atoms with Crippen molar-refractivity contribution in [2.75, 3.05) is 14.2 Å². The molecule has 0 fully saturated rings. The number of hydrogen-bond donors (Lipinski definition) is 1. The van der Waals surface area contributed by atoms with Crippen LogP contribution in [0.2, 0.25) is 0 Å². The molecule has 0 saturated carbocycles. The van der Waals surface area contributed by atoms with Gasteiger partial charge >= 0.3 is 5.97 Å². The third-order valence-corrected chi connectivity index (χ3v) is 3.72. The van der Waals surface area contributed by atoms with Gasteiger partial charge < -0.3 is 19.2 Å². The van der Waals surface area contributed by atoms with Gasteiger partial charge in [0.25, 0.3) is 5.91 Å². The van der Waals surface area contributed by atoms with Gasteiger partial charge in [0.2, 0.25) is 5.76 Å². The van der Waals surface area contributed by atoms with Gasteiger partial charge in [0.15, 0.2) is 5.76 Å². The number of likely N-dealkylation sites (N-methyl/N-ethyl adjacent to an activating group) is 1. The summed E-state index contributed by atoms with van der Waals surface area (Å²) in [4.78, 5) is 24.7. The van der Waals surface area contributed by atoms with Gasteiger partial charge in [0.1, 0.15) is 5.75 Å². The van der Waals surface area contributed by atoms with Crippen molar-refractivity contribution in [3.8, 4) is 5.75 Å². The molecule has 0 aliphatic rings. The van der Waals surface area contributed by atoms with Gasteiger partial charge in [-0.05, 0) is 37.1 Å². The van der Waals surface area contributed by atoms with Crippen LogP contribution in [0.4, 0.5) is 0 Å². The first-order valence-electron chi connectivity index (χ1n) is 7.16. The largest absolute Gasteiger partial charge is 0.496 e. The molecule has 1 aromatic heterocycles. The second kappa shape index (κ2) is 7.00. The summed E-state index contributed by atoms with van der Waals surface area (Å²) in [5, 5.41) is 8.85. The summed E-state index contributed by atoms with van der Waals surface area (Å²) in [6, 6.07) is 10.2. The normalized spacial score (nSPS) is 11.8. The van der Waals surface area contributed by atoms with E-state index in [0.717, 1.165) is 11.3 Å². The zero-order chi connectivity index (χ0) is 17.0. The average Bonchev–Trinajstić information content (AvgIpc) is 3.04. The first-order chi connectivity index (χ1) is 10.9. The third-order valence-electron chi connectivity index (χ3n) is 3.72. The highest BCUT2D eigenvalue weighted by molar-refractivity contribution is 5.93. The van der Waals surface area contributed by atoms with E-state index < -0.39 is 5.97 Å². The van der Waals surface area contributed by atoms with Crippen LogP contribution in [0, 0.1) is 0 Å². The van der Waals surface area contributed by atoms with E-state index in [1.807, 2.05) is 31.2 Å². The van der Waals surface area contributed by atoms with Crippen LogP contribution in [0.5, 0.6) is 5.75 Å². The molecule has 1 heterocycles. The summed E-state index contributed by atoms with van der Waals surface area (Å²) in [7, 11) is 3.26. The first-order valence-corrected chi connectivity index (χ1v) is 7.16. The Morgan fingerprint density at radius 1 is 1.22 bits per heavy atom. The van der Waals surface area contributed by atoms with Crippen LogP contribution in [0.1, 0.15) is 33.6 Å². The van der Waals surface area contributed by atoms with E-state index in [9.17, 15) is 9.59 Å². The minimum atomic E-state index is -1.20. The Morgan fingerprint density at radius 2 is 1.87 bits per heavy atom. The number of carbonyl (C=O) groups is 2. The molecular formula is C17H19NO5. The van der Waals surface area contributed by atoms with Crippen LogP contribution in [0.25, 0.3) is 0 Å². The maximum atomic E-state index is 12.4. The van der Waals surface area contributed by atoms with Crippen LogP contribution >= 0.6 is 0 Å².